The van der Waals surface area contributed by atoms with Crippen molar-refractivity contribution in [3.63, 3.8) is 0 Å². The number of nitrogens with one attached hydrogen (secondary N) is 3. The zero-order valence-electron chi connectivity index (χ0n) is 17.9. The van der Waals surface area contributed by atoms with Crippen molar-refractivity contribution in [3.05, 3.63) is 23.8 Å². The number of rotatable bonds is 7. The highest BCUT2D eigenvalue weighted by atomic mass is 16.2. The molecule has 2 amide bonds. The first-order valence-corrected chi connectivity index (χ1v) is 10.5. The largest absolute Gasteiger partial charge is 0.385 e. The Balaban J connectivity index is 2.01. The molecule has 156 valence electrons. The molecule has 0 atom stereocenters. The summed E-state index contributed by atoms with van der Waals surface area (Å²) in [7, 11) is 0. The van der Waals surface area contributed by atoms with Crippen LogP contribution in [0.15, 0.2) is 18.2 Å². The number of anilines is 2. The van der Waals surface area contributed by atoms with E-state index in [0.717, 1.165) is 31.9 Å². The molecule has 1 heterocycles. The molecule has 3 N–H and O–H groups in total. The van der Waals surface area contributed by atoms with Gasteiger partial charge in [-0.25, -0.2) is 0 Å². The van der Waals surface area contributed by atoms with E-state index in [1.807, 2.05) is 39.8 Å². The minimum atomic E-state index is -0.496. The van der Waals surface area contributed by atoms with Gasteiger partial charge >= 0.3 is 0 Å². The standard InChI is InChI=1S/C22H36N4O2/c1-5-23-18-14-17(15-19(16-18)25-21(28)22(2,3)4)20(27)24-10-13-26-11-8-6-7-9-12-26/h14-16,23H,5-13H2,1-4H3,(H,24,27)(H,25,28). The highest BCUT2D eigenvalue weighted by Gasteiger charge is 2.22. The molecule has 1 aromatic carbocycles. The average molecular weight is 389 g/mol. The number of nitrogens with zero attached hydrogens (tertiary/aromatic N) is 1. The van der Waals surface area contributed by atoms with Crippen molar-refractivity contribution in [2.24, 2.45) is 5.41 Å². The molecule has 1 aliphatic rings. The zero-order valence-corrected chi connectivity index (χ0v) is 17.9. The van der Waals surface area contributed by atoms with Gasteiger partial charge in [-0.15, -0.1) is 0 Å². The van der Waals surface area contributed by atoms with Crippen LogP contribution >= 0.6 is 0 Å². The molecule has 0 saturated carbocycles. The topological polar surface area (TPSA) is 73.5 Å². The summed E-state index contributed by atoms with van der Waals surface area (Å²) >= 11 is 0. The van der Waals surface area contributed by atoms with Crippen molar-refractivity contribution in [2.45, 2.75) is 53.4 Å². The Morgan fingerprint density at radius 1 is 1.00 bits per heavy atom. The Hall–Kier alpha value is -2.08. The van der Waals surface area contributed by atoms with Crippen molar-refractivity contribution in [1.29, 1.82) is 0 Å². The molecule has 28 heavy (non-hydrogen) atoms. The lowest BCUT2D eigenvalue weighted by atomic mass is 9.95. The van der Waals surface area contributed by atoms with E-state index in [9.17, 15) is 9.59 Å². The fraction of sp³-hybridized carbons (Fsp3) is 0.636. The number of amides is 2. The SMILES string of the molecule is CCNc1cc(NC(=O)C(C)(C)C)cc(C(=O)NCCN2CCCCCC2)c1. The fourth-order valence-electron chi connectivity index (χ4n) is 3.25. The molecule has 0 aliphatic carbocycles. The molecule has 2 rings (SSSR count). The minimum Gasteiger partial charge on any atom is -0.385 e. The third kappa shape index (κ3) is 7.15. The average Bonchev–Trinajstić information content (AvgIpc) is 2.90. The van der Waals surface area contributed by atoms with Gasteiger partial charge in [0.15, 0.2) is 0 Å². The number of likely N-dealkylation sites (tertiary alicyclic amines) is 1. The first-order valence-electron chi connectivity index (χ1n) is 10.5. The number of benzene rings is 1. The van der Waals surface area contributed by atoms with Crippen LogP contribution in [0.2, 0.25) is 0 Å². The summed E-state index contributed by atoms with van der Waals surface area (Å²) in [5.74, 6) is -0.186. The number of carbonyl (C=O) groups excluding carboxylic acids is 2. The lowest BCUT2D eigenvalue weighted by molar-refractivity contribution is -0.123. The van der Waals surface area contributed by atoms with Gasteiger partial charge in [0.2, 0.25) is 5.91 Å². The fourth-order valence-corrected chi connectivity index (χ4v) is 3.25. The maximum atomic E-state index is 12.7. The molecule has 0 aromatic heterocycles. The van der Waals surface area contributed by atoms with Crippen molar-refractivity contribution in [1.82, 2.24) is 10.2 Å². The van der Waals surface area contributed by atoms with Gasteiger partial charge in [-0.05, 0) is 51.1 Å². The Morgan fingerprint density at radius 3 is 2.25 bits per heavy atom. The van der Waals surface area contributed by atoms with Crippen molar-refractivity contribution < 1.29 is 9.59 Å². The van der Waals surface area contributed by atoms with Gasteiger partial charge in [0, 0.05) is 42.0 Å². The van der Waals surface area contributed by atoms with E-state index in [1.165, 1.54) is 25.7 Å². The van der Waals surface area contributed by atoms with Crippen LogP contribution < -0.4 is 16.0 Å². The summed E-state index contributed by atoms with van der Waals surface area (Å²) in [6, 6.07) is 5.43. The summed E-state index contributed by atoms with van der Waals surface area (Å²) in [5.41, 5.74) is 1.52. The number of hydrogen-bond acceptors (Lipinski definition) is 4. The molecular formula is C22H36N4O2. The third-order valence-corrected chi connectivity index (χ3v) is 4.93. The predicted molar refractivity (Wildman–Crippen MR) is 116 cm³/mol. The van der Waals surface area contributed by atoms with Crippen LogP contribution in [0, 0.1) is 5.41 Å². The Labute approximate surface area is 169 Å². The van der Waals surface area contributed by atoms with Gasteiger partial charge in [0.25, 0.3) is 5.91 Å². The molecule has 0 spiro atoms. The van der Waals surface area contributed by atoms with Gasteiger partial charge in [0.05, 0.1) is 0 Å². The zero-order chi connectivity index (χ0) is 20.6. The summed E-state index contributed by atoms with van der Waals surface area (Å²) in [6.07, 6.45) is 5.11. The van der Waals surface area contributed by atoms with Gasteiger partial charge in [0.1, 0.15) is 0 Å². The second-order valence-corrected chi connectivity index (χ2v) is 8.55. The van der Waals surface area contributed by atoms with E-state index >= 15 is 0 Å². The lowest BCUT2D eigenvalue weighted by Crippen LogP contribution is -2.35. The molecule has 0 unspecified atom stereocenters. The maximum Gasteiger partial charge on any atom is 0.251 e. The molecule has 0 radical (unpaired) electrons. The molecule has 6 nitrogen and oxygen atoms in total. The van der Waals surface area contributed by atoms with Gasteiger partial charge in [-0.3, -0.25) is 9.59 Å². The molecule has 6 heteroatoms. The Morgan fingerprint density at radius 2 is 1.64 bits per heavy atom. The summed E-state index contributed by atoms with van der Waals surface area (Å²) in [5, 5.41) is 9.18. The van der Waals surface area contributed by atoms with E-state index in [4.69, 9.17) is 0 Å². The smallest absolute Gasteiger partial charge is 0.251 e. The van der Waals surface area contributed by atoms with Crippen LogP contribution in [-0.4, -0.2) is 49.4 Å². The van der Waals surface area contributed by atoms with Crippen molar-refractivity contribution in [2.75, 3.05) is 43.4 Å². The molecule has 1 saturated heterocycles. The molecule has 1 fully saturated rings. The number of carbonyl (C=O) groups is 2. The van der Waals surface area contributed by atoms with Gasteiger partial charge < -0.3 is 20.9 Å². The van der Waals surface area contributed by atoms with Crippen LogP contribution in [0.5, 0.6) is 0 Å². The van der Waals surface area contributed by atoms with Gasteiger partial charge in [-0.1, -0.05) is 33.6 Å². The lowest BCUT2D eigenvalue weighted by Gasteiger charge is -2.20. The first-order chi connectivity index (χ1) is 13.3. The normalized spacial score (nSPS) is 15.6. The quantitative estimate of drug-likeness (QED) is 0.666. The van der Waals surface area contributed by atoms with Crippen LogP contribution in [0.4, 0.5) is 11.4 Å². The van der Waals surface area contributed by atoms with Crippen molar-refractivity contribution >= 4 is 23.2 Å². The molecular weight excluding hydrogens is 352 g/mol. The van der Waals surface area contributed by atoms with Crippen LogP contribution in [0.3, 0.4) is 0 Å². The molecule has 1 aliphatic heterocycles. The summed E-state index contributed by atoms with van der Waals surface area (Å²) in [6.45, 7) is 12.1. The van der Waals surface area contributed by atoms with Gasteiger partial charge in [-0.2, -0.15) is 0 Å². The van der Waals surface area contributed by atoms with E-state index < -0.39 is 5.41 Å². The predicted octanol–water partition coefficient (Wildman–Crippen LogP) is 3.71. The molecule has 0 bridgehead atoms. The van der Waals surface area contributed by atoms with Crippen LogP contribution in [0.25, 0.3) is 0 Å². The Bertz CT molecular complexity index is 659. The second kappa shape index (κ2) is 10.5. The highest BCUT2D eigenvalue weighted by Crippen LogP contribution is 2.22. The monoisotopic (exact) mass is 388 g/mol. The number of hydrogen-bond donors (Lipinski definition) is 3. The Kier molecular flexibility index (Phi) is 8.30. The first kappa shape index (κ1) is 22.2. The van der Waals surface area contributed by atoms with Crippen LogP contribution in [0.1, 0.15) is 63.7 Å². The second-order valence-electron chi connectivity index (χ2n) is 8.55. The molecule has 1 aromatic rings. The summed E-state index contributed by atoms with van der Waals surface area (Å²) < 4.78 is 0. The van der Waals surface area contributed by atoms with Crippen LogP contribution in [-0.2, 0) is 4.79 Å². The summed E-state index contributed by atoms with van der Waals surface area (Å²) in [4.78, 5) is 27.4. The van der Waals surface area contributed by atoms with Crippen molar-refractivity contribution in [3.8, 4) is 0 Å². The van der Waals surface area contributed by atoms with E-state index in [2.05, 4.69) is 20.9 Å². The minimum absolute atomic E-state index is 0.0753. The third-order valence-electron chi connectivity index (χ3n) is 4.93. The highest BCUT2D eigenvalue weighted by molar-refractivity contribution is 5.99. The van der Waals surface area contributed by atoms with E-state index in [-0.39, 0.29) is 11.8 Å². The van der Waals surface area contributed by atoms with E-state index in [1.54, 1.807) is 6.07 Å². The maximum absolute atomic E-state index is 12.7. The van der Waals surface area contributed by atoms with E-state index in [0.29, 0.717) is 17.8 Å².